The average molecular weight is 459 g/mol. The fraction of sp³-hybridized carbons (Fsp3) is 0.826. The number of rotatable bonds is 10. The summed E-state index contributed by atoms with van der Waals surface area (Å²) in [7, 11) is -5.06. The van der Waals surface area contributed by atoms with Gasteiger partial charge in [0.05, 0.1) is 12.0 Å². The summed E-state index contributed by atoms with van der Waals surface area (Å²) < 4.78 is 60.1. The van der Waals surface area contributed by atoms with E-state index in [1.807, 2.05) is 20.8 Å². The number of halogens is 1. The molecule has 1 N–H and O–H groups in total. The maximum Gasteiger partial charge on any atom is 0.312 e. The third-order valence-electron chi connectivity index (χ3n) is 7.77. The quantitative estimate of drug-likeness (QED) is 0.216. The molecule has 0 heterocycles. The van der Waals surface area contributed by atoms with Gasteiger partial charge in [-0.1, -0.05) is 32.6 Å². The van der Waals surface area contributed by atoms with Crippen molar-refractivity contribution in [3.05, 3.63) is 18.1 Å². The SMILES string of the molecule is C=C=C(OCC12CC3CC(OC(=O)C(C)(C)CC)(CC3C1)C2)C(F)(CCC)S(=O)(=O)O. The number of ether oxygens (including phenoxy) is 2. The molecule has 0 spiro atoms. The van der Waals surface area contributed by atoms with Gasteiger partial charge in [-0.15, -0.1) is 0 Å². The van der Waals surface area contributed by atoms with E-state index in [9.17, 15) is 17.8 Å². The number of alkyl halides is 1. The summed E-state index contributed by atoms with van der Waals surface area (Å²) in [6.07, 6.45) is 4.45. The van der Waals surface area contributed by atoms with Crippen LogP contribution < -0.4 is 0 Å². The van der Waals surface area contributed by atoms with Gasteiger partial charge in [0.25, 0.3) is 5.00 Å². The summed E-state index contributed by atoms with van der Waals surface area (Å²) in [6, 6.07) is 0. The molecule has 0 radical (unpaired) electrons. The number of esters is 1. The van der Waals surface area contributed by atoms with E-state index in [-0.39, 0.29) is 24.4 Å². The molecule has 0 aliphatic heterocycles. The molecule has 3 unspecified atom stereocenters. The van der Waals surface area contributed by atoms with E-state index < -0.39 is 38.3 Å². The Morgan fingerprint density at radius 2 is 1.81 bits per heavy atom. The number of carbonyl (C=O) groups excluding carboxylic acids is 1. The van der Waals surface area contributed by atoms with Crippen LogP contribution in [0.25, 0.3) is 0 Å². The van der Waals surface area contributed by atoms with Crippen LogP contribution in [0.15, 0.2) is 18.1 Å². The van der Waals surface area contributed by atoms with Crippen LogP contribution in [-0.2, 0) is 24.4 Å². The molecule has 4 rings (SSSR count). The first-order valence-electron chi connectivity index (χ1n) is 11.2. The minimum absolute atomic E-state index is 0.0826. The molecule has 8 heteroatoms. The molecule has 0 aromatic rings. The lowest BCUT2D eigenvalue weighted by Crippen LogP contribution is -2.48. The van der Waals surface area contributed by atoms with Gasteiger partial charge in [-0.3, -0.25) is 9.35 Å². The van der Waals surface area contributed by atoms with Crippen molar-refractivity contribution in [2.45, 2.75) is 89.7 Å². The van der Waals surface area contributed by atoms with Gasteiger partial charge in [0.1, 0.15) is 5.60 Å². The molecule has 176 valence electrons. The van der Waals surface area contributed by atoms with Gasteiger partial charge in [0, 0.05) is 11.8 Å². The Labute approximate surface area is 185 Å². The van der Waals surface area contributed by atoms with E-state index in [1.54, 1.807) is 6.92 Å². The van der Waals surface area contributed by atoms with E-state index in [0.717, 1.165) is 25.7 Å². The van der Waals surface area contributed by atoms with Crippen molar-refractivity contribution in [1.29, 1.82) is 0 Å². The van der Waals surface area contributed by atoms with Gasteiger partial charge in [-0.05, 0) is 64.2 Å². The second-order valence-electron chi connectivity index (χ2n) is 10.6. The summed E-state index contributed by atoms with van der Waals surface area (Å²) in [6.45, 7) is 10.8. The third kappa shape index (κ3) is 4.19. The Kier molecular flexibility index (Phi) is 6.18. The number of carbonyl (C=O) groups is 1. The Balaban J connectivity index is 1.77. The normalized spacial score (nSPS) is 33.6. The molecule has 4 aliphatic carbocycles. The Bertz CT molecular complexity index is 874. The Morgan fingerprint density at radius 1 is 1.23 bits per heavy atom. The number of hydrogen-bond acceptors (Lipinski definition) is 5. The molecule has 3 atom stereocenters. The maximum atomic E-state index is 15.3. The summed E-state index contributed by atoms with van der Waals surface area (Å²) >= 11 is 0. The lowest BCUT2D eigenvalue weighted by atomic mass is 9.67. The van der Waals surface area contributed by atoms with Crippen molar-refractivity contribution in [1.82, 2.24) is 0 Å². The average Bonchev–Trinajstić information content (AvgIpc) is 3.05. The van der Waals surface area contributed by atoms with Crippen LogP contribution in [0.1, 0.15) is 79.1 Å². The van der Waals surface area contributed by atoms with E-state index in [0.29, 0.717) is 24.7 Å². The topological polar surface area (TPSA) is 89.9 Å². The summed E-state index contributed by atoms with van der Waals surface area (Å²) in [5.74, 6) is 0.0423. The summed E-state index contributed by atoms with van der Waals surface area (Å²) in [5.41, 5.74) is 0.856. The van der Waals surface area contributed by atoms with Crippen LogP contribution in [0.5, 0.6) is 0 Å². The minimum Gasteiger partial charge on any atom is -0.485 e. The second kappa shape index (κ2) is 7.89. The molecule has 31 heavy (non-hydrogen) atoms. The molecule has 4 fully saturated rings. The van der Waals surface area contributed by atoms with E-state index >= 15 is 4.39 Å². The largest absolute Gasteiger partial charge is 0.485 e. The lowest BCUT2D eigenvalue weighted by molar-refractivity contribution is -0.181. The molecule has 4 saturated carbocycles. The van der Waals surface area contributed by atoms with Gasteiger partial charge in [-0.25, -0.2) is 4.39 Å². The van der Waals surface area contributed by atoms with Crippen molar-refractivity contribution < 1.29 is 31.6 Å². The van der Waals surface area contributed by atoms with E-state index in [1.165, 1.54) is 0 Å². The van der Waals surface area contributed by atoms with Crippen LogP contribution in [0.2, 0.25) is 0 Å². The zero-order valence-electron chi connectivity index (χ0n) is 19.0. The minimum atomic E-state index is -5.06. The summed E-state index contributed by atoms with van der Waals surface area (Å²) in [4.78, 5) is 12.8. The van der Waals surface area contributed by atoms with Crippen LogP contribution in [0, 0.1) is 22.7 Å². The first-order valence-corrected chi connectivity index (χ1v) is 12.6. The van der Waals surface area contributed by atoms with Crippen molar-refractivity contribution in [2.75, 3.05) is 6.61 Å². The molecule has 6 nitrogen and oxygen atoms in total. The van der Waals surface area contributed by atoms with Crippen LogP contribution in [0.4, 0.5) is 4.39 Å². The van der Waals surface area contributed by atoms with Crippen molar-refractivity contribution in [3.8, 4) is 0 Å². The van der Waals surface area contributed by atoms with Gasteiger partial charge >= 0.3 is 16.1 Å². The predicted octanol–water partition coefficient (Wildman–Crippen LogP) is 4.95. The zero-order chi connectivity index (χ0) is 23.3. The highest BCUT2D eigenvalue weighted by molar-refractivity contribution is 7.87. The lowest BCUT2D eigenvalue weighted by Gasteiger charge is -2.46. The standard InChI is InChI=1S/C23H35FO6S/c1-6-9-23(24,31(26,27)28)18(7-2)29-15-21-10-16-12-22(14-21,13-17(16)11-21)30-19(25)20(4,5)8-3/h16-17H,2,6,8-15H2,1,3-5H3,(H,26,27,28). The zero-order valence-corrected chi connectivity index (χ0v) is 19.8. The van der Waals surface area contributed by atoms with Gasteiger partial charge in [-0.2, -0.15) is 8.42 Å². The van der Waals surface area contributed by atoms with Crippen molar-refractivity contribution in [3.63, 3.8) is 0 Å². The predicted molar refractivity (Wildman–Crippen MR) is 114 cm³/mol. The summed E-state index contributed by atoms with van der Waals surface area (Å²) in [5, 5.41) is -3.06. The molecule has 0 amide bonds. The van der Waals surface area contributed by atoms with Crippen LogP contribution >= 0.6 is 0 Å². The smallest absolute Gasteiger partial charge is 0.312 e. The van der Waals surface area contributed by atoms with E-state index in [2.05, 4.69) is 12.3 Å². The first-order chi connectivity index (χ1) is 14.3. The molecular weight excluding hydrogens is 423 g/mol. The Morgan fingerprint density at radius 3 is 2.26 bits per heavy atom. The second-order valence-corrected chi connectivity index (χ2v) is 12.2. The molecule has 4 bridgehead atoms. The fourth-order valence-corrected chi connectivity index (χ4v) is 6.81. The third-order valence-corrected chi connectivity index (χ3v) is 8.98. The molecule has 0 aromatic heterocycles. The van der Waals surface area contributed by atoms with E-state index in [4.69, 9.17) is 9.47 Å². The molecule has 4 aliphatic rings. The highest BCUT2D eigenvalue weighted by Crippen LogP contribution is 2.67. The maximum absolute atomic E-state index is 15.3. The van der Waals surface area contributed by atoms with Gasteiger partial charge in [0.2, 0.25) is 0 Å². The van der Waals surface area contributed by atoms with Crippen molar-refractivity contribution >= 4 is 16.1 Å². The monoisotopic (exact) mass is 458 g/mol. The van der Waals surface area contributed by atoms with Gasteiger partial charge in [0.15, 0.2) is 5.76 Å². The molecular formula is C23H35FO6S. The van der Waals surface area contributed by atoms with Crippen LogP contribution in [-0.4, -0.2) is 36.1 Å². The van der Waals surface area contributed by atoms with Crippen molar-refractivity contribution in [2.24, 2.45) is 22.7 Å². The van der Waals surface area contributed by atoms with Crippen LogP contribution in [0.3, 0.4) is 0 Å². The highest BCUT2D eigenvalue weighted by Gasteiger charge is 2.65. The first kappa shape index (κ1) is 24.3. The van der Waals surface area contributed by atoms with Gasteiger partial charge < -0.3 is 9.47 Å². The fourth-order valence-electron chi connectivity index (χ4n) is 5.98. The number of hydrogen-bond donors (Lipinski definition) is 1. The highest BCUT2D eigenvalue weighted by atomic mass is 32.2. The Hall–Kier alpha value is -1.37. The molecule has 0 aromatic carbocycles. The molecule has 0 saturated heterocycles.